The number of nitrogens with zero attached hydrogens (tertiary/aromatic N) is 2. The molecule has 26 heavy (non-hydrogen) atoms. The van der Waals surface area contributed by atoms with Crippen molar-refractivity contribution in [2.75, 3.05) is 26.7 Å². The van der Waals surface area contributed by atoms with Crippen LogP contribution in [0.15, 0.2) is 18.2 Å². The van der Waals surface area contributed by atoms with Gasteiger partial charge >= 0.3 is 0 Å². The number of aromatic amines is 1. The molecule has 1 unspecified atom stereocenters. The summed E-state index contributed by atoms with van der Waals surface area (Å²) in [6, 6.07) is 6.45. The van der Waals surface area contributed by atoms with E-state index in [2.05, 4.69) is 33.4 Å². The number of H-pyrrole nitrogens is 1. The third kappa shape index (κ3) is 2.88. The standard InChI is InChI=1S/C20H26N4O2/c1-3-24-11-5-6-13(24)12-21-20(25)19-16-10-9-14-15(18(16)22-23-19)7-4-8-17(14)26-2/h4,7-8,13H,3,5-6,9-12H2,1-2H3,(H,21,25)(H,22,23). The number of rotatable bonds is 5. The van der Waals surface area contributed by atoms with Crippen molar-refractivity contribution in [1.29, 1.82) is 0 Å². The summed E-state index contributed by atoms with van der Waals surface area (Å²) in [4.78, 5) is 15.2. The second-order valence-corrected chi connectivity index (χ2v) is 7.05. The van der Waals surface area contributed by atoms with Crippen LogP contribution in [0.25, 0.3) is 11.3 Å². The van der Waals surface area contributed by atoms with Crippen LogP contribution in [-0.2, 0) is 12.8 Å². The summed E-state index contributed by atoms with van der Waals surface area (Å²) in [5, 5.41) is 10.5. The van der Waals surface area contributed by atoms with Gasteiger partial charge in [0.25, 0.3) is 5.91 Å². The molecule has 2 heterocycles. The van der Waals surface area contributed by atoms with Crippen LogP contribution in [0.2, 0.25) is 0 Å². The number of carbonyl (C=O) groups excluding carboxylic acids is 1. The summed E-state index contributed by atoms with van der Waals surface area (Å²) in [5.41, 5.74) is 4.74. The lowest BCUT2D eigenvalue weighted by molar-refractivity contribution is 0.0935. The number of ether oxygens (including phenoxy) is 1. The van der Waals surface area contributed by atoms with Crippen molar-refractivity contribution < 1.29 is 9.53 Å². The molecule has 0 spiro atoms. The number of aromatic nitrogens is 2. The highest BCUT2D eigenvalue weighted by molar-refractivity contribution is 5.96. The van der Waals surface area contributed by atoms with Gasteiger partial charge in [0, 0.05) is 29.3 Å². The molecule has 138 valence electrons. The Morgan fingerprint density at radius 1 is 1.38 bits per heavy atom. The first-order chi connectivity index (χ1) is 12.7. The highest BCUT2D eigenvalue weighted by Crippen LogP contribution is 2.37. The van der Waals surface area contributed by atoms with Gasteiger partial charge in [-0.25, -0.2) is 0 Å². The van der Waals surface area contributed by atoms with E-state index in [1.807, 2.05) is 12.1 Å². The molecule has 6 heteroatoms. The molecule has 1 saturated heterocycles. The van der Waals surface area contributed by atoms with Crippen molar-refractivity contribution in [2.24, 2.45) is 0 Å². The largest absolute Gasteiger partial charge is 0.496 e. The van der Waals surface area contributed by atoms with Gasteiger partial charge in [-0.3, -0.25) is 14.8 Å². The molecular weight excluding hydrogens is 328 g/mol. The van der Waals surface area contributed by atoms with Crippen LogP contribution in [0.3, 0.4) is 0 Å². The predicted octanol–water partition coefficient (Wildman–Crippen LogP) is 2.40. The smallest absolute Gasteiger partial charge is 0.269 e. The zero-order valence-electron chi connectivity index (χ0n) is 15.5. The summed E-state index contributed by atoms with van der Waals surface area (Å²) in [6.07, 6.45) is 4.03. The van der Waals surface area contributed by atoms with E-state index in [9.17, 15) is 4.79 Å². The first kappa shape index (κ1) is 17.1. The lowest BCUT2D eigenvalue weighted by Crippen LogP contribution is -2.40. The van der Waals surface area contributed by atoms with Crippen molar-refractivity contribution in [3.05, 3.63) is 35.0 Å². The highest BCUT2D eigenvalue weighted by atomic mass is 16.5. The van der Waals surface area contributed by atoms with E-state index in [0.717, 1.165) is 54.9 Å². The van der Waals surface area contributed by atoms with Gasteiger partial charge in [0.05, 0.1) is 12.8 Å². The number of likely N-dealkylation sites (N-methyl/N-ethyl adjacent to an activating group) is 1. The summed E-state index contributed by atoms with van der Waals surface area (Å²) in [5.74, 6) is 0.844. The number of methoxy groups -OCH3 is 1. The zero-order chi connectivity index (χ0) is 18.1. The van der Waals surface area contributed by atoms with Gasteiger partial charge in [-0.1, -0.05) is 19.1 Å². The van der Waals surface area contributed by atoms with Gasteiger partial charge in [-0.2, -0.15) is 5.10 Å². The predicted molar refractivity (Wildman–Crippen MR) is 101 cm³/mol. The van der Waals surface area contributed by atoms with E-state index in [-0.39, 0.29) is 5.91 Å². The van der Waals surface area contributed by atoms with Crippen LogP contribution in [0, 0.1) is 0 Å². The number of likely N-dealkylation sites (tertiary alicyclic amines) is 1. The van der Waals surface area contributed by atoms with Crippen molar-refractivity contribution in [3.63, 3.8) is 0 Å². The molecule has 2 aliphatic rings. The van der Waals surface area contributed by atoms with Crippen LogP contribution in [0.4, 0.5) is 0 Å². The second kappa shape index (κ2) is 7.11. The molecule has 0 radical (unpaired) electrons. The van der Waals surface area contributed by atoms with Crippen LogP contribution < -0.4 is 10.1 Å². The lowest BCUT2D eigenvalue weighted by atomic mass is 9.88. The number of benzene rings is 1. The first-order valence-corrected chi connectivity index (χ1v) is 9.48. The Balaban J connectivity index is 1.53. The minimum Gasteiger partial charge on any atom is -0.496 e. The van der Waals surface area contributed by atoms with Crippen LogP contribution in [-0.4, -0.2) is 53.8 Å². The Hall–Kier alpha value is -2.34. The van der Waals surface area contributed by atoms with E-state index in [1.165, 1.54) is 12.0 Å². The number of hydrogen-bond acceptors (Lipinski definition) is 4. The van der Waals surface area contributed by atoms with Crippen molar-refractivity contribution >= 4 is 5.91 Å². The third-order valence-electron chi connectivity index (χ3n) is 5.73. The van der Waals surface area contributed by atoms with Crippen LogP contribution in [0.1, 0.15) is 41.4 Å². The molecule has 1 aliphatic heterocycles. The second-order valence-electron chi connectivity index (χ2n) is 7.05. The number of amides is 1. The van der Waals surface area contributed by atoms with Gasteiger partial charge in [0.2, 0.25) is 0 Å². The fourth-order valence-electron chi connectivity index (χ4n) is 4.35. The van der Waals surface area contributed by atoms with Crippen molar-refractivity contribution in [2.45, 2.75) is 38.6 Å². The van der Waals surface area contributed by atoms with Gasteiger partial charge in [-0.15, -0.1) is 0 Å². The molecule has 2 aromatic rings. The van der Waals surface area contributed by atoms with Crippen molar-refractivity contribution in [1.82, 2.24) is 20.4 Å². The maximum atomic E-state index is 12.7. The zero-order valence-corrected chi connectivity index (χ0v) is 15.5. The summed E-state index contributed by atoms with van der Waals surface area (Å²) in [7, 11) is 1.69. The number of hydrogen-bond donors (Lipinski definition) is 2. The molecule has 1 aromatic carbocycles. The summed E-state index contributed by atoms with van der Waals surface area (Å²) < 4.78 is 5.48. The highest BCUT2D eigenvalue weighted by Gasteiger charge is 2.28. The lowest BCUT2D eigenvalue weighted by Gasteiger charge is -2.23. The SMILES string of the molecule is CCN1CCCC1CNC(=O)c1[nH]nc2c1CCc1c(OC)cccc1-2. The molecule has 1 fully saturated rings. The van der Waals surface area contributed by atoms with Gasteiger partial charge < -0.3 is 10.1 Å². The fourth-order valence-corrected chi connectivity index (χ4v) is 4.35. The van der Waals surface area contributed by atoms with Crippen LogP contribution >= 0.6 is 0 Å². The van der Waals surface area contributed by atoms with E-state index in [0.29, 0.717) is 18.3 Å². The number of fused-ring (bicyclic) bond motifs is 3. The average molecular weight is 354 g/mol. The Morgan fingerprint density at radius 2 is 2.23 bits per heavy atom. The van der Waals surface area contributed by atoms with E-state index in [4.69, 9.17) is 4.74 Å². The Bertz CT molecular complexity index is 814. The fraction of sp³-hybridized carbons (Fsp3) is 0.500. The van der Waals surface area contributed by atoms with E-state index in [1.54, 1.807) is 7.11 Å². The quantitative estimate of drug-likeness (QED) is 0.865. The number of carbonyl (C=O) groups is 1. The summed E-state index contributed by atoms with van der Waals surface area (Å²) >= 11 is 0. The number of nitrogens with one attached hydrogen (secondary N) is 2. The third-order valence-corrected chi connectivity index (χ3v) is 5.73. The molecule has 0 bridgehead atoms. The molecule has 1 aliphatic carbocycles. The Morgan fingerprint density at radius 3 is 3.04 bits per heavy atom. The van der Waals surface area contributed by atoms with Crippen molar-refractivity contribution in [3.8, 4) is 17.0 Å². The minimum atomic E-state index is -0.0481. The first-order valence-electron chi connectivity index (χ1n) is 9.48. The van der Waals surface area contributed by atoms with Gasteiger partial charge in [0.15, 0.2) is 0 Å². The van der Waals surface area contributed by atoms with E-state index >= 15 is 0 Å². The topological polar surface area (TPSA) is 70.2 Å². The Kier molecular flexibility index (Phi) is 4.68. The average Bonchev–Trinajstić information content (AvgIpc) is 3.31. The molecule has 1 amide bonds. The van der Waals surface area contributed by atoms with Gasteiger partial charge in [0.1, 0.15) is 11.4 Å². The molecule has 1 aromatic heterocycles. The monoisotopic (exact) mass is 354 g/mol. The maximum Gasteiger partial charge on any atom is 0.269 e. The molecule has 0 saturated carbocycles. The van der Waals surface area contributed by atoms with Crippen LogP contribution in [0.5, 0.6) is 5.75 Å². The normalized spacial score (nSPS) is 19.1. The molecular formula is C20H26N4O2. The molecule has 6 nitrogen and oxygen atoms in total. The van der Waals surface area contributed by atoms with E-state index < -0.39 is 0 Å². The maximum absolute atomic E-state index is 12.7. The minimum absolute atomic E-state index is 0.0481. The molecule has 2 N–H and O–H groups in total. The molecule has 4 rings (SSSR count). The Labute approximate surface area is 153 Å². The summed E-state index contributed by atoms with van der Waals surface area (Å²) in [6.45, 7) is 5.05. The molecule has 1 atom stereocenters. The van der Waals surface area contributed by atoms with Gasteiger partial charge in [-0.05, 0) is 44.8 Å².